The second-order valence-electron chi connectivity index (χ2n) is 5.79. The van der Waals surface area contributed by atoms with E-state index in [1.807, 2.05) is 0 Å². The molecule has 0 fully saturated rings. The fraction of sp³-hybridized carbons (Fsp3) is 1.00. The number of alkyl halides is 1. The molecule has 0 bridgehead atoms. The van der Waals surface area contributed by atoms with E-state index in [4.69, 9.17) is 11.6 Å². The van der Waals surface area contributed by atoms with E-state index in [9.17, 15) is 0 Å². The smallest absolute Gasteiger partial charge is 0.0286 e. The van der Waals surface area contributed by atoms with Crippen molar-refractivity contribution in [2.24, 2.45) is 10.8 Å². The first-order chi connectivity index (χ1) is 5.77. The molecule has 1 N–H and O–H groups in total. The highest BCUT2D eigenvalue weighted by atomic mass is 35.5. The lowest BCUT2D eigenvalue weighted by Crippen LogP contribution is -2.32. The van der Waals surface area contributed by atoms with Gasteiger partial charge in [0.15, 0.2) is 0 Å². The number of rotatable bonds is 5. The van der Waals surface area contributed by atoms with Crippen LogP contribution in [0.1, 0.15) is 41.0 Å². The van der Waals surface area contributed by atoms with E-state index in [2.05, 4.69) is 39.9 Å². The van der Waals surface area contributed by atoms with Crippen molar-refractivity contribution in [3.63, 3.8) is 0 Å². The highest BCUT2D eigenvalue weighted by Crippen LogP contribution is 2.18. The van der Waals surface area contributed by atoms with Crippen LogP contribution >= 0.6 is 11.6 Å². The van der Waals surface area contributed by atoms with Gasteiger partial charge in [-0.25, -0.2) is 0 Å². The summed E-state index contributed by atoms with van der Waals surface area (Å²) in [4.78, 5) is 0. The van der Waals surface area contributed by atoms with Crippen molar-refractivity contribution in [2.75, 3.05) is 19.0 Å². The summed E-state index contributed by atoms with van der Waals surface area (Å²) < 4.78 is 0. The Balaban J connectivity index is 3.47. The normalized spacial score (nSPS) is 13.4. The molecule has 0 aliphatic rings. The summed E-state index contributed by atoms with van der Waals surface area (Å²) in [5.41, 5.74) is 0.650. The first-order valence-electron chi connectivity index (χ1n) is 5.04. The van der Waals surface area contributed by atoms with E-state index >= 15 is 0 Å². The molecule has 0 amide bonds. The van der Waals surface area contributed by atoms with Gasteiger partial charge < -0.3 is 5.32 Å². The number of halogens is 1. The molecule has 80 valence electrons. The van der Waals surface area contributed by atoms with Crippen LogP contribution in [0.4, 0.5) is 0 Å². The van der Waals surface area contributed by atoms with Crippen LogP contribution in [0, 0.1) is 10.8 Å². The number of nitrogens with one attached hydrogen (secondary N) is 1. The fourth-order valence-corrected chi connectivity index (χ4v) is 1.03. The van der Waals surface area contributed by atoms with Crippen molar-refractivity contribution in [3.05, 3.63) is 0 Å². The van der Waals surface area contributed by atoms with Crippen LogP contribution in [0.2, 0.25) is 0 Å². The van der Waals surface area contributed by atoms with Crippen LogP contribution in [0.15, 0.2) is 0 Å². The Kier molecular flexibility index (Phi) is 5.31. The van der Waals surface area contributed by atoms with Crippen LogP contribution in [0.5, 0.6) is 0 Å². The first-order valence-corrected chi connectivity index (χ1v) is 5.57. The predicted molar refractivity (Wildman–Crippen MR) is 61.4 cm³/mol. The van der Waals surface area contributed by atoms with Crippen LogP contribution in [-0.4, -0.2) is 19.0 Å². The molecule has 13 heavy (non-hydrogen) atoms. The van der Waals surface area contributed by atoms with Gasteiger partial charge in [-0.2, -0.15) is 0 Å². The van der Waals surface area contributed by atoms with Gasteiger partial charge >= 0.3 is 0 Å². The van der Waals surface area contributed by atoms with Crippen LogP contribution in [0.3, 0.4) is 0 Å². The Bertz CT molecular complexity index is 136. The average Bonchev–Trinajstić information content (AvgIpc) is 1.97. The molecule has 0 aliphatic carbocycles. The van der Waals surface area contributed by atoms with Gasteiger partial charge in [-0.3, -0.25) is 0 Å². The third-order valence-electron chi connectivity index (χ3n) is 2.02. The van der Waals surface area contributed by atoms with Gasteiger partial charge in [0, 0.05) is 12.4 Å². The lowest BCUT2D eigenvalue weighted by molar-refractivity contribution is 0.335. The number of hydrogen-bond acceptors (Lipinski definition) is 1. The van der Waals surface area contributed by atoms with E-state index in [0.29, 0.717) is 5.41 Å². The summed E-state index contributed by atoms with van der Waals surface area (Å²) >= 11 is 5.82. The monoisotopic (exact) mass is 205 g/mol. The second kappa shape index (κ2) is 5.21. The lowest BCUT2D eigenvalue weighted by atomic mass is 9.91. The molecule has 0 saturated heterocycles. The summed E-state index contributed by atoms with van der Waals surface area (Å²) in [5, 5.41) is 3.45. The zero-order valence-electron chi connectivity index (χ0n) is 9.71. The molecular formula is C11H24ClN. The highest BCUT2D eigenvalue weighted by Gasteiger charge is 2.16. The van der Waals surface area contributed by atoms with Crippen molar-refractivity contribution >= 4 is 11.6 Å². The molecule has 0 aliphatic heterocycles. The molecule has 0 heterocycles. The van der Waals surface area contributed by atoms with Gasteiger partial charge in [-0.15, -0.1) is 11.6 Å². The first kappa shape index (κ1) is 13.2. The largest absolute Gasteiger partial charge is 0.316 e. The SMILES string of the molecule is CC(C)(C)CCNCC(C)(C)CCl. The van der Waals surface area contributed by atoms with Crippen molar-refractivity contribution in [1.82, 2.24) is 5.32 Å². The molecule has 0 unspecified atom stereocenters. The fourth-order valence-electron chi connectivity index (χ4n) is 0.937. The van der Waals surface area contributed by atoms with E-state index in [-0.39, 0.29) is 5.41 Å². The maximum atomic E-state index is 5.82. The second-order valence-corrected chi connectivity index (χ2v) is 6.05. The third kappa shape index (κ3) is 8.58. The summed E-state index contributed by atoms with van der Waals surface area (Å²) in [5.74, 6) is 0.718. The van der Waals surface area contributed by atoms with Gasteiger partial charge in [0.2, 0.25) is 0 Å². The Labute approximate surface area is 88.2 Å². The van der Waals surface area contributed by atoms with Gasteiger partial charge in [-0.05, 0) is 23.8 Å². The molecule has 0 saturated carbocycles. The lowest BCUT2D eigenvalue weighted by Gasteiger charge is -2.24. The van der Waals surface area contributed by atoms with Gasteiger partial charge in [-0.1, -0.05) is 34.6 Å². The van der Waals surface area contributed by atoms with E-state index in [1.54, 1.807) is 0 Å². The minimum absolute atomic E-state index is 0.222. The van der Waals surface area contributed by atoms with E-state index in [1.165, 1.54) is 6.42 Å². The molecule has 0 aromatic heterocycles. The van der Waals surface area contributed by atoms with Crippen molar-refractivity contribution in [3.8, 4) is 0 Å². The molecule has 0 aromatic rings. The molecule has 0 radical (unpaired) electrons. The van der Waals surface area contributed by atoms with Crippen LogP contribution < -0.4 is 5.32 Å². The maximum Gasteiger partial charge on any atom is 0.0286 e. The standard InChI is InChI=1S/C11H24ClN/c1-10(2,3)6-7-13-9-11(4,5)8-12/h13H,6-9H2,1-5H3. The molecule has 2 heteroatoms. The molecular weight excluding hydrogens is 182 g/mol. The van der Waals surface area contributed by atoms with Gasteiger partial charge in [0.1, 0.15) is 0 Å². The third-order valence-corrected chi connectivity index (χ3v) is 2.74. The highest BCUT2D eigenvalue weighted by molar-refractivity contribution is 6.18. The minimum Gasteiger partial charge on any atom is -0.316 e. The Morgan fingerprint density at radius 2 is 1.62 bits per heavy atom. The zero-order valence-corrected chi connectivity index (χ0v) is 10.5. The Morgan fingerprint density at radius 3 is 2.00 bits per heavy atom. The van der Waals surface area contributed by atoms with Crippen molar-refractivity contribution in [2.45, 2.75) is 41.0 Å². The summed E-state index contributed by atoms with van der Waals surface area (Å²) in [6, 6.07) is 0. The molecule has 1 nitrogen and oxygen atoms in total. The molecule has 0 aromatic carbocycles. The van der Waals surface area contributed by atoms with E-state index in [0.717, 1.165) is 19.0 Å². The summed E-state index contributed by atoms with van der Waals surface area (Å²) in [7, 11) is 0. The molecule has 0 spiro atoms. The Hall–Kier alpha value is 0.250. The summed E-state index contributed by atoms with van der Waals surface area (Å²) in [6.07, 6.45) is 1.21. The number of hydrogen-bond donors (Lipinski definition) is 1. The maximum absolute atomic E-state index is 5.82. The van der Waals surface area contributed by atoms with Crippen molar-refractivity contribution < 1.29 is 0 Å². The van der Waals surface area contributed by atoms with Crippen LogP contribution in [0.25, 0.3) is 0 Å². The zero-order chi connectivity index (χ0) is 10.5. The van der Waals surface area contributed by atoms with Gasteiger partial charge in [0.25, 0.3) is 0 Å². The van der Waals surface area contributed by atoms with E-state index < -0.39 is 0 Å². The summed E-state index contributed by atoms with van der Waals surface area (Å²) in [6.45, 7) is 13.3. The van der Waals surface area contributed by atoms with Crippen molar-refractivity contribution in [1.29, 1.82) is 0 Å². The minimum atomic E-state index is 0.222. The topological polar surface area (TPSA) is 12.0 Å². The van der Waals surface area contributed by atoms with Gasteiger partial charge in [0.05, 0.1) is 0 Å². The molecule has 0 rings (SSSR count). The Morgan fingerprint density at radius 1 is 1.08 bits per heavy atom. The quantitative estimate of drug-likeness (QED) is 0.537. The molecule has 0 atom stereocenters. The average molecular weight is 206 g/mol. The van der Waals surface area contributed by atoms with Crippen LogP contribution in [-0.2, 0) is 0 Å². The predicted octanol–water partition coefficient (Wildman–Crippen LogP) is 3.28.